The molecule has 0 amide bonds. The Kier molecular flexibility index (Phi) is 4.11. The molecule has 5 heavy (non-hydrogen) atoms. The molecule has 30 valence electrons. The van der Waals surface area contributed by atoms with Gasteiger partial charge in [0.2, 0.25) is 0 Å². The summed E-state index contributed by atoms with van der Waals surface area (Å²) in [6.45, 7) is 1.89. The summed E-state index contributed by atoms with van der Waals surface area (Å²) in [5.74, 6) is 0. The maximum atomic E-state index is 4.30. The molecule has 0 unspecified atom stereocenters. The quantitative estimate of drug-likeness (QED) is 0.352. The van der Waals surface area contributed by atoms with E-state index >= 15 is 0 Å². The molecule has 0 aliphatic carbocycles. The van der Waals surface area contributed by atoms with E-state index in [0.717, 1.165) is 8.37 Å². The van der Waals surface area contributed by atoms with Gasteiger partial charge in [0.05, 0.1) is 7.11 Å². The van der Waals surface area contributed by atoms with Crippen LogP contribution < -0.4 is 0 Å². The van der Waals surface area contributed by atoms with Crippen LogP contribution in [-0.2, 0) is 4.84 Å². The Hall–Kier alpha value is 0.0600. The standard InChI is InChI=1S/C2H6NOP/c1-4-3-5-2/h1-2H3. The highest BCUT2D eigenvalue weighted by Gasteiger charge is 1.49. The van der Waals surface area contributed by atoms with Crippen LogP contribution >= 0.6 is 8.37 Å². The number of nitrogens with zero attached hydrogens (tertiary/aromatic N) is 1. The van der Waals surface area contributed by atoms with E-state index in [2.05, 4.69) is 9.75 Å². The smallest absolute Gasteiger partial charge is 0.0665 e. The highest BCUT2D eigenvalue weighted by molar-refractivity contribution is 7.25. The van der Waals surface area contributed by atoms with Crippen molar-refractivity contribution in [3.8, 4) is 0 Å². The molecule has 0 spiro atoms. The van der Waals surface area contributed by atoms with Crippen LogP contribution in [0, 0.1) is 0 Å². The maximum absolute atomic E-state index is 4.30. The van der Waals surface area contributed by atoms with Crippen LogP contribution in [0.4, 0.5) is 0 Å². The minimum Gasteiger partial charge on any atom is -0.252 e. The molecule has 0 aromatic carbocycles. The van der Waals surface area contributed by atoms with Gasteiger partial charge >= 0.3 is 0 Å². The minimum absolute atomic E-state index is 0.932. The molecule has 0 aromatic heterocycles. The lowest BCUT2D eigenvalue weighted by atomic mass is 11.7. The van der Waals surface area contributed by atoms with Gasteiger partial charge in [-0.2, -0.15) is 0 Å². The third-order valence-electron chi connectivity index (χ3n) is 0.163. The zero-order valence-electron chi connectivity index (χ0n) is 3.30. The summed E-state index contributed by atoms with van der Waals surface area (Å²) in [4.78, 5) is 7.75. The Balaban J connectivity index is 2.62. The Labute approximate surface area is 33.0 Å². The van der Waals surface area contributed by atoms with Gasteiger partial charge < -0.3 is 0 Å². The lowest BCUT2D eigenvalue weighted by Gasteiger charge is -1.70. The van der Waals surface area contributed by atoms with Crippen molar-refractivity contribution >= 4 is 8.37 Å². The minimum atomic E-state index is 0.932. The molecule has 0 saturated carbocycles. The predicted molar refractivity (Wildman–Crippen MR) is 22.3 cm³/mol. The molecule has 3 heteroatoms. The Bertz CT molecular complexity index is 36.6. The first-order chi connectivity index (χ1) is 2.41. The van der Waals surface area contributed by atoms with Crippen molar-refractivity contribution in [2.75, 3.05) is 13.8 Å². The molecular weight excluding hydrogens is 85.0 g/mol. The van der Waals surface area contributed by atoms with Gasteiger partial charge in [-0.05, 0) is 6.66 Å². The average Bonchev–Trinajstić information content (AvgIpc) is 1.41. The molecular formula is C2H6NOP. The van der Waals surface area contributed by atoms with E-state index in [1.54, 1.807) is 0 Å². The van der Waals surface area contributed by atoms with Gasteiger partial charge in [0.15, 0.2) is 0 Å². The van der Waals surface area contributed by atoms with E-state index in [1.807, 2.05) is 6.66 Å². The first-order valence-electron chi connectivity index (χ1n) is 1.24. The van der Waals surface area contributed by atoms with Crippen LogP contribution in [0.1, 0.15) is 0 Å². The van der Waals surface area contributed by atoms with E-state index in [9.17, 15) is 0 Å². The second kappa shape index (κ2) is 4.06. The molecule has 0 N–H and O–H groups in total. The molecule has 0 heterocycles. The van der Waals surface area contributed by atoms with Gasteiger partial charge in [0, 0.05) is 8.37 Å². The monoisotopic (exact) mass is 91.0 g/mol. The van der Waals surface area contributed by atoms with Gasteiger partial charge in [0.1, 0.15) is 0 Å². The van der Waals surface area contributed by atoms with Gasteiger partial charge in [0.25, 0.3) is 0 Å². The van der Waals surface area contributed by atoms with Crippen LogP contribution in [-0.4, -0.2) is 13.8 Å². The van der Waals surface area contributed by atoms with Crippen molar-refractivity contribution in [1.82, 2.24) is 0 Å². The molecule has 0 atom stereocenters. The van der Waals surface area contributed by atoms with E-state index in [0.29, 0.717) is 0 Å². The normalized spacial score (nSPS) is 10.0. The molecule has 0 aromatic rings. The zero-order chi connectivity index (χ0) is 4.12. The lowest BCUT2D eigenvalue weighted by molar-refractivity contribution is 0.221. The molecule has 0 aliphatic heterocycles. The van der Waals surface area contributed by atoms with Gasteiger partial charge in [-0.1, -0.05) is 0 Å². The average molecular weight is 91.0 g/mol. The van der Waals surface area contributed by atoms with Gasteiger partial charge in [-0.3, -0.25) is 4.84 Å². The highest BCUT2D eigenvalue weighted by Crippen LogP contribution is 1.86. The van der Waals surface area contributed by atoms with Gasteiger partial charge in [-0.25, -0.2) is 0 Å². The second-order valence-electron chi connectivity index (χ2n) is 0.464. The van der Waals surface area contributed by atoms with Crippen LogP contribution in [0.5, 0.6) is 0 Å². The van der Waals surface area contributed by atoms with E-state index in [4.69, 9.17) is 0 Å². The second-order valence-corrected chi connectivity index (χ2v) is 1.03. The summed E-state index contributed by atoms with van der Waals surface area (Å²) in [7, 11) is 2.47. The van der Waals surface area contributed by atoms with Crippen LogP contribution in [0.3, 0.4) is 0 Å². The van der Waals surface area contributed by atoms with Crippen molar-refractivity contribution in [2.45, 2.75) is 0 Å². The molecule has 0 radical (unpaired) electrons. The largest absolute Gasteiger partial charge is 0.252 e. The van der Waals surface area contributed by atoms with Crippen molar-refractivity contribution in [2.24, 2.45) is 4.91 Å². The summed E-state index contributed by atoms with van der Waals surface area (Å²) in [6.07, 6.45) is 0. The Morgan fingerprint density at radius 3 is 2.40 bits per heavy atom. The summed E-state index contributed by atoms with van der Waals surface area (Å²) >= 11 is 0. The van der Waals surface area contributed by atoms with Crippen molar-refractivity contribution in [1.29, 1.82) is 0 Å². The fourth-order valence-corrected chi connectivity index (χ4v) is 0.245. The van der Waals surface area contributed by atoms with E-state index < -0.39 is 0 Å². The van der Waals surface area contributed by atoms with E-state index in [-0.39, 0.29) is 0 Å². The molecule has 0 rings (SSSR count). The van der Waals surface area contributed by atoms with Gasteiger partial charge in [-0.15, -0.1) is 4.91 Å². The first kappa shape index (κ1) is 5.06. The molecule has 0 bridgehead atoms. The number of rotatable bonds is 1. The summed E-state index contributed by atoms with van der Waals surface area (Å²) < 4.78 is 0. The Morgan fingerprint density at radius 2 is 2.40 bits per heavy atom. The first-order valence-corrected chi connectivity index (χ1v) is 2.53. The number of hydrogen-bond donors (Lipinski definition) is 0. The third-order valence-corrected chi connectivity index (χ3v) is 0.490. The van der Waals surface area contributed by atoms with Crippen LogP contribution in [0.2, 0.25) is 0 Å². The Morgan fingerprint density at radius 1 is 1.80 bits per heavy atom. The molecule has 2 nitrogen and oxygen atoms in total. The SMILES string of the molecule is CON=PC. The molecule has 0 saturated heterocycles. The van der Waals surface area contributed by atoms with E-state index in [1.165, 1.54) is 7.11 Å². The maximum Gasteiger partial charge on any atom is 0.0665 e. The number of hydrogen-bond acceptors (Lipinski definition) is 2. The fourth-order valence-electron chi connectivity index (χ4n) is 0.0816. The fraction of sp³-hybridized carbons (Fsp3) is 1.00. The third kappa shape index (κ3) is 4.06. The van der Waals surface area contributed by atoms with Crippen molar-refractivity contribution in [3.05, 3.63) is 0 Å². The highest BCUT2D eigenvalue weighted by atomic mass is 31.1. The van der Waals surface area contributed by atoms with Crippen LogP contribution in [0.15, 0.2) is 4.91 Å². The molecule has 0 aliphatic rings. The summed E-state index contributed by atoms with van der Waals surface area (Å²) in [5.41, 5.74) is 0. The zero-order valence-corrected chi connectivity index (χ0v) is 4.20. The molecule has 0 fully saturated rings. The summed E-state index contributed by atoms with van der Waals surface area (Å²) in [6, 6.07) is 0. The van der Waals surface area contributed by atoms with Crippen molar-refractivity contribution in [3.63, 3.8) is 0 Å². The van der Waals surface area contributed by atoms with Crippen molar-refractivity contribution < 1.29 is 4.84 Å². The predicted octanol–water partition coefficient (Wildman–Crippen LogP) is 1.31. The lowest BCUT2D eigenvalue weighted by Crippen LogP contribution is -1.53. The van der Waals surface area contributed by atoms with Crippen LogP contribution in [0.25, 0.3) is 0 Å². The summed E-state index contributed by atoms with van der Waals surface area (Å²) in [5, 5.41) is 0. The topological polar surface area (TPSA) is 21.6 Å².